The number of thiophene rings is 1. The van der Waals surface area contributed by atoms with E-state index in [-0.39, 0.29) is 0 Å². The number of nitroso groups, excluding NO2 is 1. The highest BCUT2D eigenvalue weighted by Gasteiger charge is 1.99. The number of hydrogen-bond donors (Lipinski definition) is 0. The normalized spacial score (nSPS) is 10.3. The molecule has 0 unspecified atom stereocenters. The van der Waals surface area contributed by atoms with E-state index in [9.17, 15) is 4.91 Å². The van der Waals surface area contributed by atoms with Crippen LogP contribution in [-0.2, 0) is 6.54 Å². The molecule has 2 rings (SSSR count). The Kier molecular flexibility index (Phi) is 1.87. The summed E-state index contributed by atoms with van der Waals surface area (Å²) in [6, 6.07) is 10.1. The zero-order valence-corrected chi connectivity index (χ0v) is 7.17. The fraction of sp³-hybridized carbons (Fsp3) is 0.111. The molecule has 0 radical (unpaired) electrons. The van der Waals surface area contributed by atoms with Crippen LogP contribution >= 0.6 is 11.3 Å². The molecule has 0 N–H and O–H groups in total. The molecule has 0 atom stereocenters. The van der Waals surface area contributed by atoms with Crippen LogP contribution in [0, 0.1) is 4.91 Å². The first-order valence-electron chi connectivity index (χ1n) is 3.67. The first-order valence-corrected chi connectivity index (χ1v) is 4.48. The molecule has 2 aromatic rings. The van der Waals surface area contributed by atoms with Gasteiger partial charge in [-0.2, -0.15) is 4.91 Å². The summed E-state index contributed by atoms with van der Waals surface area (Å²) < 4.78 is 1.22. The number of fused-ring (bicyclic) bond motifs is 1. The van der Waals surface area contributed by atoms with Gasteiger partial charge in [0.1, 0.15) is 6.54 Å². The molecule has 1 heterocycles. The lowest BCUT2D eigenvalue weighted by Gasteiger charge is -1.82. The molecule has 0 saturated heterocycles. The molecular weight excluding hydrogens is 170 g/mol. The van der Waals surface area contributed by atoms with E-state index in [1.165, 1.54) is 10.1 Å². The summed E-state index contributed by atoms with van der Waals surface area (Å²) >= 11 is 1.63. The minimum atomic E-state index is 0.291. The van der Waals surface area contributed by atoms with Crippen molar-refractivity contribution in [2.45, 2.75) is 6.54 Å². The highest BCUT2D eigenvalue weighted by molar-refractivity contribution is 7.19. The van der Waals surface area contributed by atoms with Crippen LogP contribution in [0.15, 0.2) is 35.5 Å². The molecule has 0 spiro atoms. The molecule has 0 bridgehead atoms. The summed E-state index contributed by atoms with van der Waals surface area (Å²) in [5, 5.41) is 4.06. The number of hydrogen-bond acceptors (Lipinski definition) is 3. The molecule has 0 amide bonds. The van der Waals surface area contributed by atoms with Crippen LogP contribution in [0.5, 0.6) is 0 Å². The molecule has 0 aliphatic heterocycles. The summed E-state index contributed by atoms with van der Waals surface area (Å²) in [6.07, 6.45) is 0. The SMILES string of the molecule is O=NCc1cc2ccccc2s1. The second-order valence-electron chi connectivity index (χ2n) is 2.54. The lowest BCUT2D eigenvalue weighted by molar-refractivity contribution is 1.09. The number of benzene rings is 1. The fourth-order valence-electron chi connectivity index (χ4n) is 1.18. The van der Waals surface area contributed by atoms with Crippen molar-refractivity contribution >= 4 is 21.4 Å². The number of rotatable bonds is 2. The van der Waals surface area contributed by atoms with Gasteiger partial charge in [-0.1, -0.05) is 23.4 Å². The van der Waals surface area contributed by atoms with Gasteiger partial charge in [-0.25, -0.2) is 0 Å². The summed E-state index contributed by atoms with van der Waals surface area (Å²) in [5.74, 6) is 0. The highest BCUT2D eigenvalue weighted by Crippen LogP contribution is 2.25. The highest BCUT2D eigenvalue weighted by atomic mass is 32.1. The third kappa shape index (κ3) is 1.23. The van der Waals surface area contributed by atoms with Crippen molar-refractivity contribution in [1.29, 1.82) is 0 Å². The largest absolute Gasteiger partial charge is 0.150 e. The van der Waals surface area contributed by atoms with Gasteiger partial charge in [0, 0.05) is 9.58 Å². The van der Waals surface area contributed by atoms with Gasteiger partial charge in [0.15, 0.2) is 0 Å². The molecule has 0 fully saturated rings. The molecule has 2 nitrogen and oxygen atoms in total. The smallest absolute Gasteiger partial charge is 0.115 e. The van der Waals surface area contributed by atoms with Gasteiger partial charge < -0.3 is 0 Å². The van der Waals surface area contributed by atoms with E-state index in [0.717, 1.165) is 4.88 Å². The molecule has 0 aliphatic carbocycles. The van der Waals surface area contributed by atoms with Gasteiger partial charge in [-0.15, -0.1) is 11.3 Å². The quantitative estimate of drug-likeness (QED) is 0.648. The predicted molar refractivity (Wildman–Crippen MR) is 51.3 cm³/mol. The third-order valence-electron chi connectivity index (χ3n) is 1.70. The molecule has 0 aliphatic rings. The van der Waals surface area contributed by atoms with Crippen LogP contribution in [0.3, 0.4) is 0 Å². The van der Waals surface area contributed by atoms with Gasteiger partial charge in [-0.3, -0.25) is 0 Å². The molecule has 12 heavy (non-hydrogen) atoms. The average molecular weight is 177 g/mol. The molecule has 60 valence electrons. The number of nitrogens with zero attached hydrogens (tertiary/aromatic N) is 1. The van der Waals surface area contributed by atoms with Crippen molar-refractivity contribution in [3.63, 3.8) is 0 Å². The van der Waals surface area contributed by atoms with Gasteiger partial charge in [0.25, 0.3) is 0 Å². The zero-order valence-electron chi connectivity index (χ0n) is 6.36. The van der Waals surface area contributed by atoms with E-state index < -0.39 is 0 Å². The van der Waals surface area contributed by atoms with Gasteiger partial charge in [0.2, 0.25) is 0 Å². The van der Waals surface area contributed by atoms with Crippen molar-refractivity contribution < 1.29 is 0 Å². The zero-order chi connectivity index (χ0) is 8.39. The van der Waals surface area contributed by atoms with Crippen molar-refractivity contribution in [3.8, 4) is 0 Å². The monoisotopic (exact) mass is 177 g/mol. The summed E-state index contributed by atoms with van der Waals surface area (Å²) in [6.45, 7) is 0.291. The van der Waals surface area contributed by atoms with E-state index in [1.807, 2.05) is 30.3 Å². The minimum Gasteiger partial charge on any atom is -0.150 e. The van der Waals surface area contributed by atoms with Crippen LogP contribution in [0.1, 0.15) is 4.88 Å². The van der Waals surface area contributed by atoms with Crippen LogP contribution in [0.2, 0.25) is 0 Å². The fourth-order valence-corrected chi connectivity index (χ4v) is 2.16. The molecule has 1 aromatic carbocycles. The van der Waals surface area contributed by atoms with Gasteiger partial charge in [-0.05, 0) is 17.5 Å². The average Bonchev–Trinajstić information content (AvgIpc) is 2.47. The van der Waals surface area contributed by atoms with Crippen molar-refractivity contribution in [2.24, 2.45) is 5.18 Å². The topological polar surface area (TPSA) is 29.4 Å². The first kappa shape index (κ1) is 7.43. The minimum absolute atomic E-state index is 0.291. The van der Waals surface area contributed by atoms with E-state index >= 15 is 0 Å². The van der Waals surface area contributed by atoms with E-state index in [0.29, 0.717) is 6.54 Å². The van der Waals surface area contributed by atoms with Crippen LogP contribution in [0.4, 0.5) is 0 Å². The molecule has 1 aromatic heterocycles. The van der Waals surface area contributed by atoms with E-state index in [1.54, 1.807) is 11.3 Å². The Morgan fingerprint density at radius 1 is 1.33 bits per heavy atom. The second kappa shape index (κ2) is 3.03. The molecule has 3 heteroatoms. The van der Waals surface area contributed by atoms with Crippen molar-refractivity contribution in [3.05, 3.63) is 40.1 Å². The maximum absolute atomic E-state index is 10.0. The Morgan fingerprint density at radius 2 is 2.17 bits per heavy atom. The Balaban J connectivity index is 2.54. The Labute approximate surface area is 73.8 Å². The summed E-state index contributed by atoms with van der Waals surface area (Å²) in [4.78, 5) is 11.0. The summed E-state index contributed by atoms with van der Waals surface area (Å²) in [5.41, 5.74) is 0. The molecule has 0 saturated carbocycles. The lowest BCUT2D eigenvalue weighted by atomic mass is 10.2. The maximum atomic E-state index is 10.0. The van der Waals surface area contributed by atoms with Crippen LogP contribution in [0.25, 0.3) is 10.1 Å². The van der Waals surface area contributed by atoms with Crippen LogP contribution in [-0.4, -0.2) is 0 Å². The lowest BCUT2D eigenvalue weighted by Crippen LogP contribution is -1.67. The Hall–Kier alpha value is -1.22. The second-order valence-corrected chi connectivity index (χ2v) is 3.71. The van der Waals surface area contributed by atoms with Crippen LogP contribution < -0.4 is 0 Å². The van der Waals surface area contributed by atoms with Gasteiger partial charge in [0.05, 0.1) is 0 Å². The van der Waals surface area contributed by atoms with Gasteiger partial charge >= 0.3 is 0 Å². The van der Waals surface area contributed by atoms with E-state index in [2.05, 4.69) is 5.18 Å². The molecular formula is C9H7NOS. The third-order valence-corrected chi connectivity index (χ3v) is 2.80. The maximum Gasteiger partial charge on any atom is 0.115 e. The van der Waals surface area contributed by atoms with Crippen molar-refractivity contribution in [2.75, 3.05) is 0 Å². The Morgan fingerprint density at radius 3 is 2.92 bits per heavy atom. The summed E-state index contributed by atoms with van der Waals surface area (Å²) in [7, 11) is 0. The van der Waals surface area contributed by atoms with E-state index in [4.69, 9.17) is 0 Å². The Bertz CT molecular complexity index is 375. The predicted octanol–water partition coefficient (Wildman–Crippen LogP) is 3.17. The van der Waals surface area contributed by atoms with Crippen molar-refractivity contribution in [1.82, 2.24) is 0 Å². The first-order chi connectivity index (χ1) is 5.90. The standard InChI is InChI=1S/C9H7NOS/c11-10-6-8-5-7-3-1-2-4-9(7)12-8/h1-5H,6H2.